The van der Waals surface area contributed by atoms with Gasteiger partial charge in [0.25, 0.3) is 5.91 Å². The number of nitrogens with one attached hydrogen (secondary N) is 2. The van der Waals surface area contributed by atoms with Gasteiger partial charge in [0, 0.05) is 18.8 Å². The summed E-state index contributed by atoms with van der Waals surface area (Å²) in [5.74, 6) is -2.40. The molecule has 8 nitrogen and oxygen atoms in total. The number of hydrogen-bond acceptors (Lipinski definition) is 6. The third-order valence-corrected chi connectivity index (χ3v) is 4.55. The molecular formula is C20H24BF3N4O4. The number of carbonyl (C=O) groups excluding carboxylic acids is 2. The highest BCUT2D eigenvalue weighted by atomic mass is 19.4. The average Bonchev–Trinajstić information content (AvgIpc) is 2.72. The number of rotatable bonds is 9. The highest BCUT2D eigenvalue weighted by Crippen LogP contribution is 2.29. The Labute approximate surface area is 183 Å². The zero-order chi connectivity index (χ0) is 23.9. The molecule has 0 aliphatic heterocycles. The van der Waals surface area contributed by atoms with Crippen molar-refractivity contribution in [2.45, 2.75) is 44.8 Å². The summed E-state index contributed by atoms with van der Waals surface area (Å²) < 4.78 is 38.4. The van der Waals surface area contributed by atoms with Gasteiger partial charge in [0.15, 0.2) is 0 Å². The first-order valence-corrected chi connectivity index (χ1v) is 9.87. The summed E-state index contributed by atoms with van der Waals surface area (Å²) in [6.07, 6.45) is -0.526. The summed E-state index contributed by atoms with van der Waals surface area (Å²) in [6, 6.07) is 2.98. The molecule has 0 saturated carbocycles. The molecule has 2 amide bonds. The van der Waals surface area contributed by atoms with Crippen molar-refractivity contribution in [2.75, 3.05) is 0 Å². The number of aromatic nitrogens is 2. The lowest BCUT2D eigenvalue weighted by Crippen LogP contribution is -2.55. The van der Waals surface area contributed by atoms with Crippen LogP contribution in [0.1, 0.15) is 41.9 Å². The molecule has 2 atom stereocenters. The van der Waals surface area contributed by atoms with Crippen molar-refractivity contribution < 1.29 is 32.8 Å². The van der Waals surface area contributed by atoms with Crippen LogP contribution in [0.3, 0.4) is 0 Å². The van der Waals surface area contributed by atoms with Crippen molar-refractivity contribution in [3.63, 3.8) is 0 Å². The van der Waals surface area contributed by atoms with Crippen molar-refractivity contribution in [1.29, 1.82) is 0 Å². The van der Waals surface area contributed by atoms with E-state index in [0.717, 1.165) is 12.1 Å². The lowest BCUT2D eigenvalue weighted by Gasteiger charge is -2.24. The van der Waals surface area contributed by atoms with Gasteiger partial charge in [-0.3, -0.25) is 14.6 Å². The molecule has 0 aliphatic carbocycles. The maximum Gasteiger partial charge on any atom is 0.475 e. The Bertz CT molecular complexity index is 896. The van der Waals surface area contributed by atoms with Crippen LogP contribution in [0.15, 0.2) is 42.9 Å². The minimum absolute atomic E-state index is 0.0321. The normalized spacial score (nSPS) is 13.4. The molecule has 0 radical (unpaired) electrons. The maximum absolute atomic E-state index is 12.9. The van der Waals surface area contributed by atoms with E-state index in [2.05, 4.69) is 20.6 Å². The van der Waals surface area contributed by atoms with Gasteiger partial charge in [-0.05, 0) is 30.0 Å². The average molecular weight is 452 g/mol. The number of carbonyl (C=O) groups is 2. The smallest absolute Gasteiger partial charge is 0.426 e. The molecule has 1 aromatic carbocycles. The molecule has 0 aliphatic rings. The SMILES string of the molecule is CC(C)C[C@H](NC(=O)[C@H](Cc1ccc(C(F)(F)F)cc1)NC(=O)c1cnccn1)B(O)O. The van der Waals surface area contributed by atoms with E-state index >= 15 is 0 Å². The Morgan fingerprint density at radius 3 is 2.25 bits per heavy atom. The summed E-state index contributed by atoms with van der Waals surface area (Å²) in [5.41, 5.74) is -0.535. The highest BCUT2D eigenvalue weighted by molar-refractivity contribution is 6.43. The van der Waals surface area contributed by atoms with Crippen molar-refractivity contribution >= 4 is 18.9 Å². The van der Waals surface area contributed by atoms with Crippen LogP contribution in [-0.2, 0) is 17.4 Å². The largest absolute Gasteiger partial charge is 0.475 e. The monoisotopic (exact) mass is 452 g/mol. The zero-order valence-electron chi connectivity index (χ0n) is 17.5. The van der Waals surface area contributed by atoms with Crippen LogP contribution in [-0.4, -0.2) is 50.9 Å². The maximum atomic E-state index is 12.9. The summed E-state index contributed by atoms with van der Waals surface area (Å²) in [5, 5.41) is 24.1. The Morgan fingerprint density at radius 1 is 1.09 bits per heavy atom. The summed E-state index contributed by atoms with van der Waals surface area (Å²) in [4.78, 5) is 33.0. The predicted molar refractivity (Wildman–Crippen MR) is 110 cm³/mol. The quantitative estimate of drug-likeness (QED) is 0.427. The van der Waals surface area contributed by atoms with Gasteiger partial charge in [-0.2, -0.15) is 13.2 Å². The predicted octanol–water partition coefficient (Wildman–Crippen LogP) is 1.38. The number of hydrogen-bond donors (Lipinski definition) is 4. The molecule has 2 aromatic rings. The first-order chi connectivity index (χ1) is 15.0. The molecule has 0 saturated heterocycles. The molecule has 12 heteroatoms. The Hall–Kier alpha value is -2.99. The fourth-order valence-electron chi connectivity index (χ4n) is 2.97. The van der Waals surface area contributed by atoms with Crippen molar-refractivity contribution in [3.05, 3.63) is 59.7 Å². The van der Waals surface area contributed by atoms with E-state index in [0.29, 0.717) is 5.56 Å². The molecule has 0 spiro atoms. The van der Waals surface area contributed by atoms with Crippen LogP contribution in [0.25, 0.3) is 0 Å². The van der Waals surface area contributed by atoms with E-state index in [1.165, 1.54) is 30.7 Å². The first-order valence-electron chi connectivity index (χ1n) is 9.87. The van der Waals surface area contributed by atoms with Gasteiger partial charge in [-0.25, -0.2) is 4.98 Å². The topological polar surface area (TPSA) is 124 Å². The van der Waals surface area contributed by atoms with Gasteiger partial charge in [0.2, 0.25) is 5.91 Å². The van der Waals surface area contributed by atoms with Gasteiger partial charge >= 0.3 is 13.3 Å². The second-order valence-electron chi connectivity index (χ2n) is 7.67. The van der Waals surface area contributed by atoms with Crippen LogP contribution in [0.4, 0.5) is 13.2 Å². The zero-order valence-corrected chi connectivity index (χ0v) is 17.5. The van der Waals surface area contributed by atoms with Crippen LogP contribution in [0.5, 0.6) is 0 Å². The van der Waals surface area contributed by atoms with Gasteiger partial charge in [0.1, 0.15) is 11.7 Å². The number of benzene rings is 1. The molecule has 32 heavy (non-hydrogen) atoms. The third kappa shape index (κ3) is 7.61. The van der Waals surface area contributed by atoms with E-state index in [9.17, 15) is 32.8 Å². The van der Waals surface area contributed by atoms with Gasteiger partial charge in [-0.1, -0.05) is 26.0 Å². The van der Waals surface area contributed by atoms with E-state index in [1.807, 2.05) is 13.8 Å². The van der Waals surface area contributed by atoms with E-state index in [4.69, 9.17) is 0 Å². The molecule has 0 fully saturated rings. The molecule has 1 aromatic heterocycles. The minimum atomic E-state index is -4.50. The second kappa shape index (κ2) is 11.0. The van der Waals surface area contributed by atoms with E-state index in [1.54, 1.807) is 0 Å². The van der Waals surface area contributed by atoms with Gasteiger partial charge in [0.05, 0.1) is 17.7 Å². The molecule has 172 valence electrons. The second-order valence-corrected chi connectivity index (χ2v) is 7.67. The summed E-state index contributed by atoms with van der Waals surface area (Å²) >= 11 is 0. The molecule has 4 N–H and O–H groups in total. The van der Waals surface area contributed by atoms with Crippen LogP contribution in [0, 0.1) is 5.92 Å². The van der Waals surface area contributed by atoms with Crippen molar-refractivity contribution in [3.8, 4) is 0 Å². The molecular weight excluding hydrogens is 428 g/mol. The fraction of sp³-hybridized carbons (Fsp3) is 0.400. The highest BCUT2D eigenvalue weighted by Gasteiger charge is 2.32. The standard InChI is InChI=1S/C20H24BF3N4O4/c1-12(2)9-17(21(31)32)28-18(29)15(27-19(30)16-11-25-7-8-26-16)10-13-3-5-14(6-4-13)20(22,23)24/h3-8,11-12,15,17,31-32H,9-10H2,1-2H3,(H,27,30)(H,28,29)/t15-,17-/m0/s1. The third-order valence-electron chi connectivity index (χ3n) is 4.55. The number of halogens is 3. The molecule has 0 unspecified atom stereocenters. The summed E-state index contributed by atoms with van der Waals surface area (Å²) in [6.45, 7) is 3.66. The van der Waals surface area contributed by atoms with Crippen LogP contribution < -0.4 is 10.6 Å². The van der Waals surface area contributed by atoms with Crippen LogP contribution in [0.2, 0.25) is 0 Å². The van der Waals surface area contributed by atoms with Gasteiger partial charge < -0.3 is 20.7 Å². The minimum Gasteiger partial charge on any atom is -0.426 e. The number of nitrogens with zero attached hydrogens (tertiary/aromatic N) is 2. The number of alkyl halides is 3. The Morgan fingerprint density at radius 2 is 1.75 bits per heavy atom. The van der Waals surface area contributed by atoms with Crippen molar-refractivity contribution in [1.82, 2.24) is 20.6 Å². The molecule has 1 heterocycles. The fourth-order valence-corrected chi connectivity index (χ4v) is 2.97. The lowest BCUT2D eigenvalue weighted by atomic mass is 9.75. The van der Waals surface area contributed by atoms with Gasteiger partial charge in [-0.15, -0.1) is 0 Å². The first kappa shape index (κ1) is 25.3. The Kier molecular flexibility index (Phi) is 8.73. The van der Waals surface area contributed by atoms with Crippen molar-refractivity contribution in [2.24, 2.45) is 5.92 Å². The van der Waals surface area contributed by atoms with Crippen LogP contribution >= 0.6 is 0 Å². The van der Waals surface area contributed by atoms with E-state index < -0.39 is 42.7 Å². The lowest BCUT2D eigenvalue weighted by molar-refractivity contribution is -0.137. The summed E-state index contributed by atoms with van der Waals surface area (Å²) in [7, 11) is -1.83. The Balaban J connectivity index is 2.23. The van der Waals surface area contributed by atoms with E-state index in [-0.39, 0.29) is 24.5 Å². The molecule has 2 rings (SSSR count). The molecule has 0 bridgehead atoms. The number of amides is 2.